The van der Waals surface area contributed by atoms with E-state index in [-0.39, 0.29) is 16.7 Å². The van der Waals surface area contributed by atoms with Gasteiger partial charge in [-0.15, -0.1) is 0 Å². The normalized spacial score (nSPS) is 17.9. The second-order valence-electron chi connectivity index (χ2n) is 7.51. The summed E-state index contributed by atoms with van der Waals surface area (Å²) in [5.41, 5.74) is 1.00. The molecule has 2 aromatic carbocycles. The highest BCUT2D eigenvalue weighted by Crippen LogP contribution is 2.30. The monoisotopic (exact) mass is 390 g/mol. The number of nitrogens with zero attached hydrogens (tertiary/aromatic N) is 2. The molecule has 1 saturated carbocycles. The lowest BCUT2D eigenvalue weighted by Gasteiger charge is -2.22. The average molecular weight is 391 g/mol. The molecule has 0 aliphatic heterocycles. The maximum Gasteiger partial charge on any atom is 0.345 e. The van der Waals surface area contributed by atoms with Crippen LogP contribution in [0.3, 0.4) is 0 Å². The Morgan fingerprint density at radius 1 is 1.14 bits per heavy atom. The molecule has 0 bridgehead atoms. The first-order valence-corrected chi connectivity index (χ1v) is 9.95. The van der Waals surface area contributed by atoms with Crippen LogP contribution in [0.15, 0.2) is 66.8 Å². The van der Waals surface area contributed by atoms with E-state index in [0.29, 0.717) is 16.9 Å². The molecule has 2 aromatic heterocycles. The van der Waals surface area contributed by atoms with Gasteiger partial charge >= 0.3 is 5.97 Å². The lowest BCUT2D eigenvalue weighted by Crippen LogP contribution is -2.13. The third-order valence-electron chi connectivity index (χ3n) is 5.61. The van der Waals surface area contributed by atoms with E-state index >= 15 is 0 Å². The summed E-state index contributed by atoms with van der Waals surface area (Å²) in [7, 11) is 0. The zero-order valence-corrected chi connectivity index (χ0v) is 15.9. The molecule has 0 N–H and O–H groups in total. The molecule has 1 aliphatic carbocycles. The topological polar surface area (TPSA) is 44.1 Å². The van der Waals surface area contributed by atoms with E-state index in [2.05, 4.69) is 9.55 Å². The third-order valence-corrected chi connectivity index (χ3v) is 5.61. The molecule has 0 saturated heterocycles. The van der Waals surface area contributed by atoms with Crippen LogP contribution in [0.1, 0.15) is 50.7 Å². The van der Waals surface area contributed by atoms with E-state index in [0.717, 1.165) is 24.9 Å². The molecule has 0 spiro atoms. The number of para-hydroxylation sites is 2. The van der Waals surface area contributed by atoms with Crippen LogP contribution < -0.4 is 4.74 Å². The van der Waals surface area contributed by atoms with E-state index in [1.54, 1.807) is 6.20 Å². The molecule has 0 amide bonds. The summed E-state index contributed by atoms with van der Waals surface area (Å²) in [5, 5.41) is 0.519. The maximum absolute atomic E-state index is 13.4. The Kier molecular flexibility index (Phi) is 3.30. The standard InChI is InChI=1S/C25H24N2O2/c28-25(29-23-14-6-10-19-11-7-15-26-24(19)23)21-17-27(16-18-8-2-1-3-9-18)22-13-5-4-12-20(21)22/h4-7,10-15,17-18H,1-3,8-9,16H2/i6D,7D,10D,11D,14D,15D. The number of pyridine rings is 1. The molecular formula is C25H24N2O2. The number of hydrogen-bond donors (Lipinski definition) is 0. The number of aromatic nitrogens is 2. The summed E-state index contributed by atoms with van der Waals surface area (Å²) in [6.45, 7) is 0.795. The van der Waals surface area contributed by atoms with Crippen LogP contribution in [0, 0.1) is 5.92 Å². The number of rotatable bonds is 4. The largest absolute Gasteiger partial charge is 0.421 e. The van der Waals surface area contributed by atoms with Crippen molar-refractivity contribution in [3.63, 3.8) is 0 Å². The van der Waals surface area contributed by atoms with Crippen molar-refractivity contribution in [1.82, 2.24) is 9.55 Å². The Morgan fingerprint density at radius 2 is 1.97 bits per heavy atom. The first-order chi connectivity index (χ1) is 16.8. The van der Waals surface area contributed by atoms with Crippen molar-refractivity contribution >= 4 is 27.8 Å². The van der Waals surface area contributed by atoms with Gasteiger partial charge in [0.1, 0.15) is 5.52 Å². The van der Waals surface area contributed by atoms with Crippen molar-refractivity contribution in [1.29, 1.82) is 0 Å². The molecule has 4 nitrogen and oxygen atoms in total. The van der Waals surface area contributed by atoms with E-state index in [4.69, 9.17) is 13.0 Å². The fourth-order valence-electron chi connectivity index (χ4n) is 4.18. The molecule has 146 valence electrons. The van der Waals surface area contributed by atoms with Crippen LogP contribution in [0.2, 0.25) is 0 Å². The van der Waals surface area contributed by atoms with Gasteiger partial charge in [0.2, 0.25) is 0 Å². The van der Waals surface area contributed by atoms with Crippen LogP contribution in [-0.2, 0) is 6.54 Å². The van der Waals surface area contributed by atoms with Crippen LogP contribution in [0.5, 0.6) is 5.75 Å². The fourth-order valence-corrected chi connectivity index (χ4v) is 4.18. The molecule has 29 heavy (non-hydrogen) atoms. The number of hydrogen-bond acceptors (Lipinski definition) is 3. The van der Waals surface area contributed by atoms with Crippen LogP contribution in [0.25, 0.3) is 21.8 Å². The molecule has 0 unspecified atom stereocenters. The van der Waals surface area contributed by atoms with Gasteiger partial charge in [-0.25, -0.2) is 4.79 Å². The zero-order chi connectivity index (χ0) is 24.9. The minimum atomic E-state index is -0.745. The molecule has 2 heterocycles. The van der Waals surface area contributed by atoms with Gasteiger partial charge in [-0.05, 0) is 36.9 Å². The first-order valence-electron chi connectivity index (χ1n) is 12.9. The number of ether oxygens (including phenoxy) is 1. The molecule has 5 rings (SSSR count). The average Bonchev–Trinajstić information content (AvgIpc) is 3.22. The van der Waals surface area contributed by atoms with E-state index in [9.17, 15) is 4.79 Å². The lowest BCUT2D eigenvalue weighted by molar-refractivity contribution is 0.0738. The Hall–Kier alpha value is -3.14. The highest BCUT2D eigenvalue weighted by Gasteiger charge is 2.20. The summed E-state index contributed by atoms with van der Waals surface area (Å²) in [6, 6.07) is 5.07. The highest BCUT2D eigenvalue weighted by molar-refractivity contribution is 6.05. The predicted molar refractivity (Wildman–Crippen MR) is 115 cm³/mol. The second kappa shape index (κ2) is 7.70. The van der Waals surface area contributed by atoms with Crippen molar-refractivity contribution in [3.8, 4) is 5.75 Å². The van der Waals surface area contributed by atoms with Gasteiger partial charge in [0.05, 0.1) is 13.8 Å². The fraction of sp³-hybridized carbons (Fsp3) is 0.280. The summed E-state index contributed by atoms with van der Waals surface area (Å²) >= 11 is 0. The molecule has 4 aromatic rings. The minimum Gasteiger partial charge on any atom is -0.421 e. The lowest BCUT2D eigenvalue weighted by atomic mass is 9.89. The number of fused-ring (bicyclic) bond motifs is 2. The van der Waals surface area contributed by atoms with Gasteiger partial charge in [-0.1, -0.05) is 55.6 Å². The predicted octanol–water partition coefficient (Wildman–Crippen LogP) is 5.99. The van der Waals surface area contributed by atoms with Crippen molar-refractivity contribution in [2.75, 3.05) is 0 Å². The SMILES string of the molecule is [2H]c1nc2c(OC(=O)c3cn(CC4CCCCC4)c4ccccc34)c([2H])c([2H])c([2H])c2c([2H])c1[2H]. The smallest absolute Gasteiger partial charge is 0.345 e. The van der Waals surface area contributed by atoms with Crippen molar-refractivity contribution in [3.05, 3.63) is 72.4 Å². The number of benzene rings is 2. The van der Waals surface area contributed by atoms with Crippen LogP contribution in [0.4, 0.5) is 0 Å². The summed E-state index contributed by atoms with van der Waals surface area (Å²) in [5.74, 6) is -0.584. The zero-order valence-electron chi connectivity index (χ0n) is 21.9. The van der Waals surface area contributed by atoms with Gasteiger partial charge in [0.25, 0.3) is 0 Å². The van der Waals surface area contributed by atoms with E-state index in [1.807, 2.05) is 24.3 Å². The summed E-state index contributed by atoms with van der Waals surface area (Å²) in [4.78, 5) is 17.3. The van der Waals surface area contributed by atoms with Crippen molar-refractivity contribution in [2.24, 2.45) is 5.92 Å². The third kappa shape index (κ3) is 3.51. The number of carbonyl (C=O) groups excluding carboxylic acids is 1. The van der Waals surface area contributed by atoms with Crippen molar-refractivity contribution < 1.29 is 17.8 Å². The molecule has 4 heteroatoms. The second-order valence-corrected chi connectivity index (χ2v) is 7.51. The van der Waals surface area contributed by atoms with Gasteiger partial charge in [-0.3, -0.25) is 4.98 Å². The van der Waals surface area contributed by atoms with Gasteiger partial charge in [0, 0.05) is 35.2 Å². The van der Waals surface area contributed by atoms with E-state index < -0.39 is 42.4 Å². The molecule has 1 fully saturated rings. The minimum absolute atomic E-state index is 0.186. The van der Waals surface area contributed by atoms with E-state index in [1.165, 1.54) is 19.3 Å². The van der Waals surface area contributed by atoms with Crippen LogP contribution in [-0.4, -0.2) is 15.5 Å². The van der Waals surface area contributed by atoms with Crippen molar-refractivity contribution in [2.45, 2.75) is 38.6 Å². The Balaban J connectivity index is 1.59. The Labute approximate surface area is 178 Å². The van der Waals surface area contributed by atoms with Gasteiger partial charge in [0.15, 0.2) is 5.75 Å². The Morgan fingerprint density at radius 3 is 2.86 bits per heavy atom. The molecule has 0 atom stereocenters. The number of carbonyl (C=O) groups is 1. The number of esters is 1. The van der Waals surface area contributed by atoms with Gasteiger partial charge < -0.3 is 9.30 Å². The molecule has 1 aliphatic rings. The molecule has 0 radical (unpaired) electrons. The highest BCUT2D eigenvalue weighted by atomic mass is 16.5. The first kappa shape index (κ1) is 12.4. The molecular weight excluding hydrogens is 360 g/mol. The van der Waals surface area contributed by atoms with Crippen LogP contribution >= 0.6 is 0 Å². The maximum atomic E-state index is 13.4. The summed E-state index contributed by atoms with van der Waals surface area (Å²) in [6.07, 6.45) is 7.22. The quantitative estimate of drug-likeness (QED) is 0.318. The Bertz CT molecular complexity index is 1470. The summed E-state index contributed by atoms with van der Waals surface area (Å²) < 4.78 is 56.2. The van der Waals surface area contributed by atoms with Gasteiger partial charge in [-0.2, -0.15) is 0 Å².